The summed E-state index contributed by atoms with van der Waals surface area (Å²) in [4.78, 5) is 13.4. The first-order chi connectivity index (χ1) is 18.7. The van der Waals surface area contributed by atoms with E-state index in [-0.39, 0.29) is 24.2 Å². The topological polar surface area (TPSA) is 100 Å². The van der Waals surface area contributed by atoms with E-state index < -0.39 is 11.8 Å². The van der Waals surface area contributed by atoms with Crippen LogP contribution >= 0.6 is 11.7 Å². The molecule has 0 radical (unpaired) electrons. The van der Waals surface area contributed by atoms with Gasteiger partial charge in [-0.05, 0) is 87.4 Å². The molecule has 0 saturated heterocycles. The molecule has 5 rings (SSSR count). The molecule has 0 bridgehead atoms. The Bertz CT molecular complexity index is 1540. The van der Waals surface area contributed by atoms with Crippen molar-refractivity contribution in [3.05, 3.63) is 82.9 Å². The Labute approximate surface area is 231 Å². The van der Waals surface area contributed by atoms with Crippen molar-refractivity contribution in [1.82, 2.24) is 8.75 Å². The van der Waals surface area contributed by atoms with E-state index in [0.717, 1.165) is 22.8 Å². The molecule has 202 valence electrons. The second-order valence-corrected chi connectivity index (χ2v) is 10.4. The Hall–Kier alpha value is -3.95. The van der Waals surface area contributed by atoms with Gasteiger partial charge < -0.3 is 24.1 Å². The number of rotatable bonds is 9. The molecule has 0 amide bonds. The van der Waals surface area contributed by atoms with Crippen molar-refractivity contribution >= 4 is 34.3 Å². The lowest BCUT2D eigenvalue weighted by atomic mass is 9.88. The zero-order valence-corrected chi connectivity index (χ0v) is 23.2. The molecule has 9 heteroatoms. The van der Waals surface area contributed by atoms with Gasteiger partial charge in [0.25, 0.3) is 5.79 Å². The second-order valence-electron chi connectivity index (χ2n) is 9.87. The zero-order valence-electron chi connectivity index (χ0n) is 22.4. The molecule has 1 N–H and O–H groups in total. The fraction of sp³-hybridized carbons (Fsp3) is 0.300. The average molecular weight is 547 g/mol. The van der Waals surface area contributed by atoms with Gasteiger partial charge in [0.2, 0.25) is 0 Å². The number of carbonyl (C=O) groups excluding carboxylic acids is 1. The Morgan fingerprint density at radius 3 is 2.28 bits per heavy atom. The third-order valence-corrected chi connectivity index (χ3v) is 6.85. The van der Waals surface area contributed by atoms with E-state index in [2.05, 4.69) is 8.75 Å². The van der Waals surface area contributed by atoms with Gasteiger partial charge in [-0.1, -0.05) is 12.1 Å². The van der Waals surface area contributed by atoms with Crippen LogP contribution in [-0.2, 0) is 21.7 Å². The van der Waals surface area contributed by atoms with Crippen molar-refractivity contribution < 1.29 is 28.8 Å². The van der Waals surface area contributed by atoms with E-state index in [0.29, 0.717) is 39.5 Å². The number of aliphatic hydroxyl groups is 1. The van der Waals surface area contributed by atoms with Gasteiger partial charge in [0.05, 0.1) is 36.6 Å². The highest BCUT2D eigenvalue weighted by Crippen LogP contribution is 2.45. The highest BCUT2D eigenvalue weighted by atomic mass is 32.1. The Morgan fingerprint density at radius 1 is 0.897 bits per heavy atom. The maximum Gasteiger partial charge on any atom is 0.342 e. The largest absolute Gasteiger partial charge is 0.497 e. The van der Waals surface area contributed by atoms with Crippen LogP contribution in [0.2, 0.25) is 0 Å². The van der Waals surface area contributed by atoms with Crippen molar-refractivity contribution in [2.75, 3.05) is 7.11 Å². The number of benzene rings is 3. The first-order valence-electron chi connectivity index (χ1n) is 12.7. The van der Waals surface area contributed by atoms with Crippen molar-refractivity contribution in [3.63, 3.8) is 0 Å². The number of methoxy groups -OCH3 is 1. The summed E-state index contributed by atoms with van der Waals surface area (Å²) in [5.74, 6) is -0.770. The maximum absolute atomic E-state index is 13.4. The molecule has 0 aliphatic carbocycles. The predicted octanol–water partition coefficient (Wildman–Crippen LogP) is 5.67. The van der Waals surface area contributed by atoms with E-state index in [1.54, 1.807) is 43.5 Å². The Balaban J connectivity index is 1.65. The molecule has 0 spiro atoms. The van der Waals surface area contributed by atoms with Gasteiger partial charge in [-0.15, -0.1) is 0 Å². The number of hydrogen-bond acceptors (Lipinski definition) is 9. The van der Waals surface area contributed by atoms with Gasteiger partial charge in [0.15, 0.2) is 11.5 Å². The van der Waals surface area contributed by atoms with Gasteiger partial charge in [-0.2, -0.15) is 8.75 Å². The van der Waals surface area contributed by atoms with Gasteiger partial charge in [0, 0.05) is 17.6 Å². The summed E-state index contributed by atoms with van der Waals surface area (Å²) < 4.78 is 31.6. The Kier molecular flexibility index (Phi) is 7.29. The molecule has 0 fully saturated rings. The van der Waals surface area contributed by atoms with Gasteiger partial charge in [0.1, 0.15) is 16.8 Å². The summed E-state index contributed by atoms with van der Waals surface area (Å²) in [5.41, 5.74) is 3.93. The standard InChI is InChI=1S/C30H30N2O6S/c1-17(2)36-26-13-6-19(15-27(26)37-18(3)4)14-23-28(20-7-12-24-25(16-20)32-39-31-24)29(33)38-30(23,34)21-8-10-22(35-5)11-9-21/h6-13,15-18,34H,14H2,1-5H3. The van der Waals surface area contributed by atoms with Crippen LogP contribution in [0.5, 0.6) is 17.2 Å². The quantitative estimate of drug-likeness (QED) is 0.268. The molecule has 0 saturated carbocycles. The van der Waals surface area contributed by atoms with Gasteiger partial charge >= 0.3 is 5.97 Å². The van der Waals surface area contributed by atoms with Crippen LogP contribution in [0, 0.1) is 0 Å². The molecule has 1 atom stereocenters. The number of nitrogens with zero attached hydrogens (tertiary/aromatic N) is 2. The monoisotopic (exact) mass is 546 g/mol. The number of esters is 1. The molecule has 1 unspecified atom stereocenters. The van der Waals surface area contributed by atoms with E-state index >= 15 is 0 Å². The van der Waals surface area contributed by atoms with E-state index in [1.165, 1.54) is 0 Å². The molecular weight excluding hydrogens is 516 g/mol. The number of hydrogen-bond donors (Lipinski definition) is 1. The van der Waals surface area contributed by atoms with Crippen LogP contribution in [0.15, 0.2) is 66.2 Å². The van der Waals surface area contributed by atoms with Crippen LogP contribution in [0.4, 0.5) is 0 Å². The predicted molar refractivity (Wildman–Crippen MR) is 149 cm³/mol. The number of aromatic nitrogens is 2. The molecule has 3 aromatic carbocycles. The van der Waals surface area contributed by atoms with Crippen LogP contribution in [-0.4, -0.2) is 39.1 Å². The summed E-state index contributed by atoms with van der Waals surface area (Å²) in [5, 5.41) is 12.0. The molecular formula is C30H30N2O6S. The molecule has 4 aromatic rings. The van der Waals surface area contributed by atoms with E-state index in [4.69, 9.17) is 18.9 Å². The number of cyclic esters (lactones) is 1. The number of fused-ring (bicyclic) bond motifs is 1. The molecule has 8 nitrogen and oxygen atoms in total. The van der Waals surface area contributed by atoms with Crippen LogP contribution < -0.4 is 14.2 Å². The van der Waals surface area contributed by atoms with Crippen molar-refractivity contribution in [2.24, 2.45) is 0 Å². The lowest BCUT2D eigenvalue weighted by Gasteiger charge is -2.26. The van der Waals surface area contributed by atoms with Crippen LogP contribution in [0.1, 0.15) is 44.4 Å². The van der Waals surface area contributed by atoms with Gasteiger partial charge in [-0.3, -0.25) is 0 Å². The average Bonchev–Trinajstić information content (AvgIpc) is 3.46. The van der Waals surface area contributed by atoms with Crippen molar-refractivity contribution in [1.29, 1.82) is 0 Å². The number of ether oxygens (including phenoxy) is 4. The smallest absolute Gasteiger partial charge is 0.342 e. The molecule has 1 aliphatic heterocycles. The summed E-state index contributed by atoms with van der Waals surface area (Å²) in [6, 6.07) is 17.9. The first kappa shape index (κ1) is 26.6. The van der Waals surface area contributed by atoms with Crippen molar-refractivity contribution in [3.8, 4) is 17.2 Å². The highest BCUT2D eigenvalue weighted by molar-refractivity contribution is 7.00. The van der Waals surface area contributed by atoms with Crippen molar-refractivity contribution in [2.45, 2.75) is 52.1 Å². The van der Waals surface area contributed by atoms with E-state index in [1.807, 2.05) is 52.0 Å². The minimum Gasteiger partial charge on any atom is -0.497 e. The lowest BCUT2D eigenvalue weighted by Crippen LogP contribution is -2.29. The Morgan fingerprint density at radius 2 is 1.59 bits per heavy atom. The minimum atomic E-state index is -1.99. The van der Waals surface area contributed by atoms with Crippen LogP contribution in [0.3, 0.4) is 0 Å². The minimum absolute atomic E-state index is 0.0317. The summed E-state index contributed by atoms with van der Waals surface area (Å²) in [6.07, 6.45) is 0.110. The van der Waals surface area contributed by atoms with Gasteiger partial charge in [-0.25, -0.2) is 4.79 Å². The highest BCUT2D eigenvalue weighted by Gasteiger charge is 2.48. The molecule has 39 heavy (non-hydrogen) atoms. The molecule has 2 heterocycles. The third-order valence-electron chi connectivity index (χ3n) is 6.29. The number of carbonyl (C=O) groups is 1. The van der Waals surface area contributed by atoms with E-state index in [9.17, 15) is 9.90 Å². The third kappa shape index (κ3) is 5.32. The lowest BCUT2D eigenvalue weighted by molar-refractivity contribution is -0.185. The fourth-order valence-electron chi connectivity index (χ4n) is 4.59. The van der Waals surface area contributed by atoms with Crippen LogP contribution in [0.25, 0.3) is 16.6 Å². The zero-order chi connectivity index (χ0) is 27.7. The normalized spacial score (nSPS) is 17.3. The molecule has 1 aliphatic rings. The summed E-state index contributed by atoms with van der Waals surface area (Å²) in [6.45, 7) is 7.80. The summed E-state index contributed by atoms with van der Waals surface area (Å²) in [7, 11) is 1.57. The summed E-state index contributed by atoms with van der Waals surface area (Å²) >= 11 is 1.10. The SMILES string of the molecule is COc1ccc(C2(O)OC(=O)C(c3ccc4nsnc4c3)=C2Cc2ccc(OC(C)C)c(OC(C)C)c2)cc1. The first-order valence-corrected chi connectivity index (χ1v) is 13.4. The fourth-order valence-corrected chi connectivity index (χ4v) is 5.11. The second kappa shape index (κ2) is 10.7. The molecule has 1 aromatic heterocycles. The maximum atomic E-state index is 13.4.